The van der Waals surface area contributed by atoms with Crippen LogP contribution in [0, 0.1) is 0 Å². The molecule has 1 aliphatic carbocycles. The van der Waals surface area contributed by atoms with Crippen LogP contribution in [0.15, 0.2) is 47.4 Å². The molecule has 0 aliphatic heterocycles. The van der Waals surface area contributed by atoms with Crippen LogP contribution in [0.5, 0.6) is 11.5 Å². The van der Waals surface area contributed by atoms with Gasteiger partial charge in [0.25, 0.3) is 5.91 Å². The van der Waals surface area contributed by atoms with E-state index in [0.717, 1.165) is 43.4 Å². The molecule has 0 saturated heterocycles. The van der Waals surface area contributed by atoms with Crippen LogP contribution in [0.1, 0.15) is 37.7 Å². The van der Waals surface area contributed by atoms with Gasteiger partial charge in [-0.25, -0.2) is 13.1 Å². The summed E-state index contributed by atoms with van der Waals surface area (Å²) in [5.74, 6) is 0.674. The van der Waals surface area contributed by atoms with Crippen LogP contribution in [0.2, 0.25) is 5.02 Å². The molecule has 1 aliphatic rings. The van der Waals surface area contributed by atoms with E-state index in [1.54, 1.807) is 7.11 Å². The van der Waals surface area contributed by atoms with Crippen LogP contribution in [0.4, 0.5) is 0 Å². The van der Waals surface area contributed by atoms with Crippen LogP contribution >= 0.6 is 11.6 Å². The molecule has 3 rings (SSSR count). The number of halogens is 1. The molecule has 0 atom stereocenters. The average molecular weight is 467 g/mol. The normalized spacial score (nSPS) is 14.8. The largest absolute Gasteiger partial charge is 0.497 e. The Hall–Kier alpha value is -2.29. The van der Waals surface area contributed by atoms with Crippen molar-refractivity contribution in [3.63, 3.8) is 0 Å². The van der Waals surface area contributed by atoms with Crippen molar-refractivity contribution in [2.75, 3.05) is 13.7 Å². The van der Waals surface area contributed by atoms with Crippen molar-refractivity contribution in [2.45, 2.75) is 49.6 Å². The smallest absolute Gasteiger partial charge is 0.258 e. The highest BCUT2D eigenvalue weighted by molar-refractivity contribution is 7.89. The van der Waals surface area contributed by atoms with Gasteiger partial charge < -0.3 is 14.8 Å². The van der Waals surface area contributed by atoms with Gasteiger partial charge in [0, 0.05) is 12.6 Å². The van der Waals surface area contributed by atoms with Crippen molar-refractivity contribution in [3.05, 3.63) is 53.1 Å². The number of carbonyl (C=O) groups excluding carboxylic acids is 1. The standard InChI is InChI=1S/C22H27ClN2O5S/c1-29-18-9-7-16(8-10-18)14-24-22(26)15-30-21-12-11-19(13-20(21)23)31(27,28)25-17-5-3-2-4-6-17/h7-13,17,25H,2-6,14-15H2,1H3,(H,24,26). The molecule has 31 heavy (non-hydrogen) atoms. The number of rotatable bonds is 9. The van der Waals surface area contributed by atoms with Crippen molar-refractivity contribution in [1.82, 2.24) is 10.0 Å². The zero-order valence-electron chi connectivity index (χ0n) is 17.4. The maximum absolute atomic E-state index is 12.6. The van der Waals surface area contributed by atoms with Gasteiger partial charge in [-0.15, -0.1) is 0 Å². The number of hydrogen-bond acceptors (Lipinski definition) is 5. The van der Waals surface area contributed by atoms with Gasteiger partial charge in [0.05, 0.1) is 17.0 Å². The van der Waals surface area contributed by atoms with Gasteiger partial charge in [0.1, 0.15) is 11.5 Å². The van der Waals surface area contributed by atoms with Gasteiger partial charge in [0.15, 0.2) is 6.61 Å². The summed E-state index contributed by atoms with van der Waals surface area (Å²) in [5.41, 5.74) is 0.923. The molecule has 0 radical (unpaired) electrons. The second-order valence-corrected chi connectivity index (χ2v) is 9.58. The molecule has 7 nitrogen and oxygen atoms in total. The van der Waals surface area contributed by atoms with E-state index < -0.39 is 10.0 Å². The summed E-state index contributed by atoms with van der Waals surface area (Å²) in [6, 6.07) is 11.6. The predicted octanol–water partition coefficient (Wildman–Crippen LogP) is 3.65. The van der Waals surface area contributed by atoms with Crippen LogP contribution in [-0.2, 0) is 21.4 Å². The van der Waals surface area contributed by atoms with Crippen LogP contribution in [0.25, 0.3) is 0 Å². The number of sulfonamides is 1. The molecule has 0 bridgehead atoms. The summed E-state index contributed by atoms with van der Waals surface area (Å²) < 4.78 is 38.5. The topological polar surface area (TPSA) is 93.7 Å². The van der Waals surface area contributed by atoms with Gasteiger partial charge >= 0.3 is 0 Å². The van der Waals surface area contributed by atoms with E-state index >= 15 is 0 Å². The highest BCUT2D eigenvalue weighted by Gasteiger charge is 2.22. The Morgan fingerprint density at radius 1 is 1.10 bits per heavy atom. The Kier molecular flexibility index (Phi) is 8.17. The highest BCUT2D eigenvalue weighted by atomic mass is 35.5. The van der Waals surface area contributed by atoms with Crippen LogP contribution < -0.4 is 19.5 Å². The average Bonchev–Trinajstić information content (AvgIpc) is 2.77. The fourth-order valence-corrected chi connectivity index (χ4v) is 5.04. The van der Waals surface area contributed by atoms with Crippen molar-refractivity contribution in [1.29, 1.82) is 0 Å². The van der Waals surface area contributed by atoms with Crippen molar-refractivity contribution in [3.8, 4) is 11.5 Å². The summed E-state index contributed by atoms with van der Waals surface area (Å²) >= 11 is 6.20. The quantitative estimate of drug-likeness (QED) is 0.588. The Morgan fingerprint density at radius 3 is 2.45 bits per heavy atom. The summed E-state index contributed by atoms with van der Waals surface area (Å²) in [4.78, 5) is 12.1. The van der Waals surface area contributed by atoms with E-state index in [2.05, 4.69) is 10.0 Å². The lowest BCUT2D eigenvalue weighted by Gasteiger charge is -2.22. The second kappa shape index (κ2) is 10.8. The molecule has 9 heteroatoms. The highest BCUT2D eigenvalue weighted by Crippen LogP contribution is 2.28. The lowest BCUT2D eigenvalue weighted by Crippen LogP contribution is -2.36. The molecule has 1 amide bonds. The number of nitrogens with one attached hydrogen (secondary N) is 2. The molecular weight excluding hydrogens is 440 g/mol. The first-order chi connectivity index (χ1) is 14.9. The predicted molar refractivity (Wildman–Crippen MR) is 119 cm³/mol. The van der Waals surface area contributed by atoms with Gasteiger partial charge in [-0.1, -0.05) is 43.0 Å². The summed E-state index contributed by atoms with van der Waals surface area (Å²) in [5, 5.41) is 2.89. The minimum atomic E-state index is -3.65. The molecule has 2 aromatic rings. The Balaban J connectivity index is 1.51. The summed E-state index contributed by atoms with van der Waals surface area (Å²) in [6.45, 7) is 0.117. The lowest BCUT2D eigenvalue weighted by atomic mass is 9.96. The van der Waals surface area contributed by atoms with Gasteiger partial charge in [0.2, 0.25) is 10.0 Å². The van der Waals surface area contributed by atoms with Crippen molar-refractivity contribution >= 4 is 27.5 Å². The molecule has 0 aromatic heterocycles. The Morgan fingerprint density at radius 2 is 1.81 bits per heavy atom. The number of ether oxygens (including phenoxy) is 2. The minimum Gasteiger partial charge on any atom is -0.497 e. The van der Waals surface area contributed by atoms with E-state index in [4.69, 9.17) is 21.1 Å². The molecule has 1 saturated carbocycles. The van der Waals surface area contributed by atoms with Crippen LogP contribution in [0.3, 0.4) is 0 Å². The van der Waals surface area contributed by atoms with Gasteiger partial charge in [-0.2, -0.15) is 0 Å². The number of amides is 1. The third kappa shape index (κ3) is 6.85. The molecule has 168 valence electrons. The number of carbonyl (C=O) groups is 1. The van der Waals surface area contributed by atoms with Crippen molar-refractivity contribution < 1.29 is 22.7 Å². The first-order valence-corrected chi connectivity index (χ1v) is 12.1. The third-order valence-electron chi connectivity index (χ3n) is 5.15. The lowest BCUT2D eigenvalue weighted by molar-refractivity contribution is -0.123. The first-order valence-electron chi connectivity index (χ1n) is 10.2. The molecule has 0 heterocycles. The zero-order valence-corrected chi connectivity index (χ0v) is 19.0. The van der Waals surface area contributed by atoms with Gasteiger partial charge in [-0.3, -0.25) is 4.79 Å². The Bertz CT molecular complexity index is 989. The molecule has 2 N–H and O–H groups in total. The van der Waals surface area contributed by atoms with E-state index in [1.807, 2.05) is 24.3 Å². The molecule has 1 fully saturated rings. The molecule has 2 aromatic carbocycles. The zero-order chi connectivity index (χ0) is 22.3. The first kappa shape index (κ1) is 23.4. The van der Waals surface area contributed by atoms with E-state index in [1.165, 1.54) is 18.2 Å². The second-order valence-electron chi connectivity index (χ2n) is 7.46. The number of benzene rings is 2. The van der Waals surface area contributed by atoms with Gasteiger partial charge in [-0.05, 0) is 48.7 Å². The number of hydrogen-bond donors (Lipinski definition) is 2. The SMILES string of the molecule is COc1ccc(CNC(=O)COc2ccc(S(=O)(=O)NC3CCCCC3)cc2Cl)cc1. The molecular formula is C22H27ClN2O5S. The van der Waals surface area contributed by atoms with Crippen LogP contribution in [-0.4, -0.2) is 34.1 Å². The van der Waals surface area contributed by atoms with E-state index in [0.29, 0.717) is 6.54 Å². The summed E-state index contributed by atoms with van der Waals surface area (Å²) in [7, 11) is -2.06. The summed E-state index contributed by atoms with van der Waals surface area (Å²) in [6.07, 6.45) is 4.89. The fourth-order valence-electron chi connectivity index (χ4n) is 3.41. The maximum atomic E-state index is 12.6. The van der Waals surface area contributed by atoms with E-state index in [9.17, 15) is 13.2 Å². The monoisotopic (exact) mass is 466 g/mol. The third-order valence-corrected chi connectivity index (χ3v) is 6.96. The fraction of sp³-hybridized carbons (Fsp3) is 0.409. The maximum Gasteiger partial charge on any atom is 0.258 e. The molecule has 0 spiro atoms. The molecule has 0 unspecified atom stereocenters. The minimum absolute atomic E-state index is 0.0390. The Labute approximate surface area is 188 Å². The van der Waals surface area contributed by atoms with Crippen molar-refractivity contribution in [2.24, 2.45) is 0 Å². The van der Waals surface area contributed by atoms with E-state index in [-0.39, 0.29) is 34.2 Å². The number of methoxy groups -OCH3 is 1.